The number of ether oxygens (including phenoxy) is 4. The molecule has 0 spiro atoms. The Balaban J connectivity index is 0.000000196. The van der Waals surface area contributed by atoms with Crippen LogP contribution in [0.3, 0.4) is 0 Å². The number of nitrogens with zero attached hydrogens (tertiary/aromatic N) is 12. The Morgan fingerprint density at radius 2 is 0.481 bits per heavy atom. The fraction of sp³-hybridized carbons (Fsp3) is 0.438. The van der Waals surface area contributed by atoms with E-state index in [9.17, 15) is 91.2 Å². The Morgan fingerprint density at radius 1 is 0.311 bits per heavy atom. The second kappa shape index (κ2) is 36.3. The van der Waals surface area contributed by atoms with E-state index in [1.807, 2.05) is 0 Å². The summed E-state index contributed by atoms with van der Waals surface area (Å²) in [6.07, 6.45) is 3.22. The summed E-state index contributed by atoms with van der Waals surface area (Å²) in [6.45, 7) is -0.193. The molecule has 0 bridgehead atoms. The molecule has 42 heteroatoms. The number of methoxy groups -OCH3 is 4. The number of benzene rings is 4. The quantitative estimate of drug-likeness (QED) is 0.0884. The molecule has 36 nitrogen and oxygen atoms in total. The van der Waals surface area contributed by atoms with Gasteiger partial charge in [0.25, 0.3) is 0 Å². The maximum absolute atomic E-state index is 12.8. The molecule has 0 aliphatic carbocycles. The number of esters is 4. The molecule has 8 saturated heterocycles. The Bertz CT molecular complexity index is 3870. The normalized spacial score (nSPS) is 23.3. The number of sulfonamides is 4. The molecule has 8 fully saturated rings. The van der Waals surface area contributed by atoms with Crippen molar-refractivity contribution in [2.24, 2.45) is 0 Å². The van der Waals surface area contributed by atoms with Crippen LogP contribution in [0.25, 0.3) is 21.3 Å². The molecule has 106 heavy (non-hydrogen) atoms. The van der Waals surface area contributed by atoms with E-state index in [4.69, 9.17) is 0 Å². The molecule has 4 aromatic rings. The van der Waals surface area contributed by atoms with E-state index in [0.29, 0.717) is 51.4 Å². The van der Waals surface area contributed by atoms with Crippen LogP contribution in [0.1, 0.15) is 51.4 Å². The first kappa shape index (κ1) is 84.7. The smallest absolute Gasteiger partial charge is 0.469 e. The van der Waals surface area contributed by atoms with Crippen LogP contribution in [0.2, 0.25) is 0 Å². The zero-order valence-corrected chi connectivity index (χ0v) is 63.5. The first-order valence-electron chi connectivity index (χ1n) is 32.3. The molecule has 0 aromatic heterocycles. The Morgan fingerprint density at radius 3 is 0.642 bits per heavy atom. The van der Waals surface area contributed by atoms with Gasteiger partial charge >= 0.3 is 62.8 Å². The summed E-state index contributed by atoms with van der Waals surface area (Å²) in [5.74, 6) is -5.51. The third-order valence-corrected chi connectivity index (χ3v) is 25.4. The predicted octanol–water partition coefficient (Wildman–Crippen LogP) is 2.86. The minimum absolute atomic E-state index is 0. The van der Waals surface area contributed by atoms with Crippen molar-refractivity contribution in [2.45, 2.75) is 119 Å². The average molecular weight is 1730 g/mol. The van der Waals surface area contributed by atoms with Crippen LogP contribution in [-0.2, 0) is 136 Å². The van der Waals surface area contributed by atoms with Gasteiger partial charge in [-0.1, -0.05) is 72.8 Å². The van der Waals surface area contributed by atoms with Gasteiger partial charge in [-0.2, -0.15) is 17.2 Å². The van der Waals surface area contributed by atoms with E-state index in [-0.39, 0.29) is 111 Å². The van der Waals surface area contributed by atoms with E-state index in [2.05, 4.69) is 40.2 Å². The van der Waals surface area contributed by atoms with Crippen molar-refractivity contribution in [2.75, 3.05) is 80.8 Å². The molecular formula is C64H72N12O24Rh2S4. The van der Waals surface area contributed by atoms with E-state index in [1.54, 1.807) is 72.8 Å². The van der Waals surface area contributed by atoms with Gasteiger partial charge < -0.3 is 59.8 Å². The standard InChI is InChI=1S/4C16H19N3O6S.2Rh/c4*1-25-15(21)12-10-18(16(22)17-12)14(20)13-8-5-9-19(13)26(23,24)11-6-3-2-4-7-11;;/h4*2-4,6-7,12-13H,5,8-10H2,1H3,(H,17,22);;/q;;;;2*+2/p-4/t4*12-,13-;;/m0000../s1. The number of imide groups is 4. The molecule has 12 amide bonds. The SMILES string of the molecule is COC(=O)[C@@H]1CN(C(=O)[C@@H]2CCCN2S(=O)(=O)c2ccccc2)C(=O)[N-]1.COC(=O)[C@@H]1CN(C(=O)[C@@H]2CCCN2S(=O)(=O)c2ccccc2)C(=O)[N-]1.COC(=O)[C@@H]1CN(C(=O)[C@@H]2CCCN2S(=O)(=O)c2ccccc2)C(=O)[N-]1.COC(=O)[C@@H]1CN(C(=O)[C@@H]2CCCN2S(=O)(=O)c2ccccc2)C(=O)[N-]1.[Rh+2].[Rh+2]. The monoisotopic (exact) mass is 1730 g/mol. The minimum atomic E-state index is -3.86. The molecule has 8 heterocycles. The van der Waals surface area contributed by atoms with Crippen LogP contribution in [-0.4, -0.2) is 271 Å². The molecule has 2 radical (unpaired) electrons. The largest absolute Gasteiger partial charge is 2.00 e. The first-order chi connectivity index (χ1) is 49.4. The van der Waals surface area contributed by atoms with Crippen LogP contribution >= 0.6 is 0 Å². The predicted molar refractivity (Wildman–Crippen MR) is 359 cm³/mol. The number of carbonyl (C=O) groups is 12. The van der Waals surface area contributed by atoms with Gasteiger partial charge in [0.05, 0.1) is 96.4 Å². The van der Waals surface area contributed by atoms with Gasteiger partial charge in [0.15, 0.2) is 47.8 Å². The van der Waals surface area contributed by atoms with Gasteiger partial charge in [0.1, 0.15) is 0 Å². The third-order valence-electron chi connectivity index (χ3n) is 17.7. The average Bonchev–Trinajstić information content (AvgIpc) is 1.58. The first-order valence-corrected chi connectivity index (χ1v) is 38.0. The van der Waals surface area contributed by atoms with Gasteiger partial charge in [-0.15, -0.1) is 0 Å². The maximum atomic E-state index is 12.8. The number of carbonyl (C=O) groups excluding carboxylic acids is 12. The molecule has 12 rings (SSSR count). The molecule has 8 atom stereocenters. The summed E-state index contributed by atoms with van der Waals surface area (Å²) >= 11 is 0. The molecule has 0 saturated carbocycles. The molecule has 4 aromatic carbocycles. The fourth-order valence-electron chi connectivity index (χ4n) is 12.5. The third kappa shape index (κ3) is 18.3. The number of hydrogen-bond acceptors (Lipinski definition) is 24. The van der Waals surface area contributed by atoms with Crippen molar-refractivity contribution in [1.29, 1.82) is 0 Å². The Kier molecular flexibility index (Phi) is 29.0. The molecule has 0 unspecified atom stereocenters. The van der Waals surface area contributed by atoms with Crippen LogP contribution in [0.15, 0.2) is 141 Å². The van der Waals surface area contributed by atoms with E-state index < -0.39 is 160 Å². The van der Waals surface area contributed by atoms with Crippen molar-refractivity contribution in [3.05, 3.63) is 143 Å². The van der Waals surface area contributed by atoms with Crippen molar-refractivity contribution in [3.63, 3.8) is 0 Å². The van der Waals surface area contributed by atoms with E-state index in [0.717, 1.165) is 65.3 Å². The fourth-order valence-corrected chi connectivity index (χ4v) is 19.2. The summed E-state index contributed by atoms with van der Waals surface area (Å²) in [5, 5.41) is 14.4. The summed E-state index contributed by atoms with van der Waals surface area (Å²) in [4.78, 5) is 149. The number of urea groups is 4. The van der Waals surface area contributed by atoms with Gasteiger partial charge in [0, 0.05) is 26.2 Å². The maximum Gasteiger partial charge on any atom is 2.00 e. The molecule has 0 N–H and O–H groups in total. The van der Waals surface area contributed by atoms with E-state index >= 15 is 0 Å². The molecule has 8 aliphatic rings. The Hall–Kier alpha value is -8.59. The zero-order chi connectivity index (χ0) is 75.6. The molecule has 8 aliphatic heterocycles. The summed E-state index contributed by atoms with van der Waals surface area (Å²) in [5.41, 5.74) is 0. The molecular weight excluding hydrogens is 1650 g/mol. The summed E-state index contributed by atoms with van der Waals surface area (Å²) < 4.78 is 125. The van der Waals surface area contributed by atoms with Crippen molar-refractivity contribution in [3.8, 4) is 0 Å². The van der Waals surface area contributed by atoms with Crippen molar-refractivity contribution >= 4 is 112 Å². The topological polar surface area (TPSA) is 461 Å². The van der Waals surface area contributed by atoms with Gasteiger partial charge in [0.2, 0.25) is 40.1 Å². The van der Waals surface area contributed by atoms with Gasteiger partial charge in [-0.25, -0.2) is 33.7 Å². The van der Waals surface area contributed by atoms with Gasteiger partial charge in [-0.05, 0) is 126 Å². The number of amides is 12. The summed E-state index contributed by atoms with van der Waals surface area (Å²) in [7, 11) is -10.8. The van der Waals surface area contributed by atoms with E-state index in [1.165, 1.54) is 48.5 Å². The summed E-state index contributed by atoms with van der Waals surface area (Å²) in [6, 6.07) is 19.6. The van der Waals surface area contributed by atoms with Crippen LogP contribution in [0.5, 0.6) is 0 Å². The van der Waals surface area contributed by atoms with Gasteiger partial charge in [-0.3, -0.25) is 57.5 Å². The van der Waals surface area contributed by atoms with Crippen molar-refractivity contribution < 1.29 is 149 Å². The Labute approximate surface area is 636 Å². The minimum Gasteiger partial charge on any atom is -0.469 e. The van der Waals surface area contributed by atoms with Crippen LogP contribution in [0, 0.1) is 0 Å². The van der Waals surface area contributed by atoms with Crippen LogP contribution in [0.4, 0.5) is 19.2 Å². The number of hydrogen-bond donors (Lipinski definition) is 0. The zero-order valence-electron chi connectivity index (χ0n) is 56.9. The van der Waals surface area contributed by atoms with Crippen molar-refractivity contribution in [1.82, 2.24) is 36.8 Å². The second-order valence-electron chi connectivity index (χ2n) is 23.9. The number of rotatable bonds is 16. The second-order valence-corrected chi connectivity index (χ2v) is 31.5. The van der Waals surface area contributed by atoms with Crippen LogP contribution < -0.4 is 0 Å². The molecule has 574 valence electrons.